The predicted molar refractivity (Wildman–Crippen MR) is 108 cm³/mol. The molecule has 0 bridgehead atoms. The van der Waals surface area contributed by atoms with Crippen LogP contribution in [0, 0.1) is 6.92 Å². The molecule has 1 aromatic carbocycles. The van der Waals surface area contributed by atoms with E-state index in [1.54, 1.807) is 18.7 Å². The molecule has 1 saturated heterocycles. The highest BCUT2D eigenvalue weighted by Gasteiger charge is 2.21. The van der Waals surface area contributed by atoms with Gasteiger partial charge in [-0.2, -0.15) is 0 Å². The first-order valence-corrected chi connectivity index (χ1v) is 10.8. The Bertz CT molecular complexity index is 759. The molecule has 1 aliphatic heterocycles. The van der Waals surface area contributed by atoms with Gasteiger partial charge in [-0.3, -0.25) is 9.69 Å². The molecule has 0 N–H and O–H groups in total. The van der Waals surface area contributed by atoms with Crippen LogP contribution >= 0.6 is 23.1 Å². The normalized spacial score (nSPS) is 18.0. The van der Waals surface area contributed by atoms with Crippen molar-refractivity contribution in [1.29, 1.82) is 0 Å². The first-order valence-electron chi connectivity index (χ1n) is 8.76. The number of Topliss-reactive ketones (excluding diaryl/α,β-unsaturated/α-hetero) is 1. The van der Waals surface area contributed by atoms with Crippen molar-refractivity contribution in [2.45, 2.75) is 30.7 Å². The van der Waals surface area contributed by atoms with Crippen molar-refractivity contribution >= 4 is 28.9 Å². The van der Waals surface area contributed by atoms with Gasteiger partial charge in [0.05, 0.1) is 10.8 Å². The van der Waals surface area contributed by atoms with Crippen LogP contribution in [-0.4, -0.2) is 49.3 Å². The summed E-state index contributed by atoms with van der Waals surface area (Å²) in [6.45, 7) is 7.58. The minimum Gasteiger partial charge on any atom is -0.491 e. The standard InChI is InChI=1S/C20H25NO3S2/c1-14-10-16(4-6-19(14)15(2)22)24-13-17-11-21(8-9-23-17)12-18-5-7-20(25-3)26-18/h4-7,10,17H,8-9,11-13H2,1-3H3. The van der Waals surface area contributed by atoms with E-state index in [2.05, 4.69) is 23.3 Å². The van der Waals surface area contributed by atoms with Crippen LogP contribution in [0.2, 0.25) is 0 Å². The second-order valence-electron chi connectivity index (χ2n) is 6.50. The predicted octanol–water partition coefficient (Wildman–Crippen LogP) is 4.26. The number of ether oxygens (including phenoxy) is 2. The third-order valence-corrected chi connectivity index (χ3v) is 6.61. The van der Waals surface area contributed by atoms with Gasteiger partial charge in [-0.15, -0.1) is 23.1 Å². The molecule has 4 nitrogen and oxygen atoms in total. The molecule has 1 fully saturated rings. The maximum atomic E-state index is 11.5. The number of carbonyl (C=O) groups is 1. The molecule has 3 rings (SSSR count). The number of benzene rings is 1. The molecule has 0 spiro atoms. The summed E-state index contributed by atoms with van der Waals surface area (Å²) in [4.78, 5) is 15.3. The zero-order chi connectivity index (χ0) is 18.5. The molecule has 0 aliphatic carbocycles. The van der Waals surface area contributed by atoms with Gasteiger partial charge in [-0.25, -0.2) is 0 Å². The van der Waals surface area contributed by atoms with Crippen LogP contribution in [0.3, 0.4) is 0 Å². The molecule has 1 aromatic heterocycles. The summed E-state index contributed by atoms with van der Waals surface area (Å²) in [7, 11) is 0. The van der Waals surface area contributed by atoms with E-state index < -0.39 is 0 Å². The number of aryl methyl sites for hydroxylation is 1. The fourth-order valence-corrected chi connectivity index (χ4v) is 4.74. The Balaban J connectivity index is 1.52. The smallest absolute Gasteiger partial charge is 0.160 e. The molecule has 2 aromatic rings. The largest absolute Gasteiger partial charge is 0.491 e. The molecular weight excluding hydrogens is 366 g/mol. The summed E-state index contributed by atoms with van der Waals surface area (Å²) in [5.41, 5.74) is 1.70. The van der Waals surface area contributed by atoms with Crippen molar-refractivity contribution < 1.29 is 14.3 Å². The highest BCUT2D eigenvalue weighted by atomic mass is 32.2. The van der Waals surface area contributed by atoms with E-state index in [-0.39, 0.29) is 11.9 Å². The van der Waals surface area contributed by atoms with E-state index in [9.17, 15) is 4.79 Å². The fraction of sp³-hybridized carbons (Fsp3) is 0.450. The maximum Gasteiger partial charge on any atom is 0.160 e. The molecular formula is C20H25NO3S2. The molecule has 0 amide bonds. The lowest BCUT2D eigenvalue weighted by Gasteiger charge is -2.32. The van der Waals surface area contributed by atoms with Gasteiger partial charge in [-0.1, -0.05) is 0 Å². The molecule has 140 valence electrons. The van der Waals surface area contributed by atoms with Gasteiger partial charge in [0.25, 0.3) is 0 Å². The van der Waals surface area contributed by atoms with Crippen LogP contribution in [0.25, 0.3) is 0 Å². The van der Waals surface area contributed by atoms with Crippen LogP contribution in [0.1, 0.15) is 27.7 Å². The lowest BCUT2D eigenvalue weighted by atomic mass is 10.1. The van der Waals surface area contributed by atoms with Crippen molar-refractivity contribution in [3.63, 3.8) is 0 Å². The zero-order valence-corrected chi connectivity index (χ0v) is 17.1. The number of nitrogens with zero attached hydrogens (tertiary/aromatic N) is 1. The van der Waals surface area contributed by atoms with Gasteiger partial charge in [-0.05, 0) is 56.0 Å². The van der Waals surface area contributed by atoms with Crippen molar-refractivity contribution in [2.24, 2.45) is 0 Å². The number of rotatable bonds is 7. The maximum absolute atomic E-state index is 11.5. The average molecular weight is 392 g/mol. The lowest BCUT2D eigenvalue weighted by Crippen LogP contribution is -2.44. The molecule has 6 heteroatoms. The minimum atomic E-state index is 0.0662. The Kier molecular flexibility index (Phi) is 6.75. The molecule has 26 heavy (non-hydrogen) atoms. The second-order valence-corrected chi connectivity index (χ2v) is 8.77. The van der Waals surface area contributed by atoms with Gasteiger partial charge < -0.3 is 9.47 Å². The van der Waals surface area contributed by atoms with Crippen LogP contribution in [0.4, 0.5) is 0 Å². The molecule has 1 atom stereocenters. The molecule has 1 unspecified atom stereocenters. The van der Waals surface area contributed by atoms with Gasteiger partial charge in [0, 0.05) is 30.1 Å². The number of hydrogen-bond donors (Lipinski definition) is 0. The third kappa shape index (κ3) is 5.10. The van der Waals surface area contributed by atoms with E-state index >= 15 is 0 Å². The van der Waals surface area contributed by atoms with Gasteiger partial charge in [0.15, 0.2) is 5.78 Å². The number of ketones is 1. The first kappa shape index (κ1) is 19.4. The number of hydrogen-bond acceptors (Lipinski definition) is 6. The number of carbonyl (C=O) groups excluding carboxylic acids is 1. The summed E-state index contributed by atoms with van der Waals surface area (Å²) in [5.74, 6) is 0.870. The Morgan fingerprint density at radius 3 is 2.92 bits per heavy atom. The van der Waals surface area contributed by atoms with E-state index in [1.807, 2.05) is 36.5 Å². The summed E-state index contributed by atoms with van der Waals surface area (Å²) in [5, 5.41) is 0. The van der Waals surface area contributed by atoms with Crippen LogP contribution in [0.15, 0.2) is 34.5 Å². The summed E-state index contributed by atoms with van der Waals surface area (Å²) < 4.78 is 13.1. The number of morpholine rings is 1. The summed E-state index contributed by atoms with van der Waals surface area (Å²) >= 11 is 3.66. The first-order chi connectivity index (χ1) is 12.5. The quantitative estimate of drug-likeness (QED) is 0.521. The minimum absolute atomic E-state index is 0.0662. The van der Waals surface area contributed by atoms with Crippen molar-refractivity contribution in [3.8, 4) is 5.75 Å². The average Bonchev–Trinajstić information content (AvgIpc) is 3.07. The second kappa shape index (κ2) is 9.04. The zero-order valence-electron chi connectivity index (χ0n) is 15.5. The van der Waals surface area contributed by atoms with Gasteiger partial charge in [0.2, 0.25) is 0 Å². The lowest BCUT2D eigenvalue weighted by molar-refractivity contribution is -0.0501. The highest BCUT2D eigenvalue weighted by Crippen LogP contribution is 2.26. The topological polar surface area (TPSA) is 38.8 Å². The van der Waals surface area contributed by atoms with E-state index in [0.717, 1.165) is 43.1 Å². The Morgan fingerprint density at radius 2 is 2.23 bits per heavy atom. The number of thioether (sulfide) groups is 1. The molecule has 1 aliphatic rings. The monoisotopic (exact) mass is 391 g/mol. The van der Waals surface area contributed by atoms with Crippen molar-refractivity contribution in [2.75, 3.05) is 32.6 Å². The van der Waals surface area contributed by atoms with Crippen molar-refractivity contribution in [1.82, 2.24) is 4.90 Å². The van der Waals surface area contributed by atoms with E-state index in [0.29, 0.717) is 6.61 Å². The summed E-state index contributed by atoms with van der Waals surface area (Å²) in [6.07, 6.45) is 2.18. The molecule has 0 saturated carbocycles. The van der Waals surface area contributed by atoms with Crippen LogP contribution in [0.5, 0.6) is 5.75 Å². The van der Waals surface area contributed by atoms with Gasteiger partial charge in [0.1, 0.15) is 18.5 Å². The Labute approximate surface area is 163 Å². The van der Waals surface area contributed by atoms with E-state index in [1.165, 1.54) is 9.09 Å². The Hall–Kier alpha value is -1.34. The van der Waals surface area contributed by atoms with Gasteiger partial charge >= 0.3 is 0 Å². The Morgan fingerprint density at radius 1 is 1.38 bits per heavy atom. The summed E-state index contributed by atoms with van der Waals surface area (Å²) in [6, 6.07) is 10.0. The third-order valence-electron chi connectivity index (χ3n) is 4.45. The SMILES string of the molecule is CSc1ccc(CN2CCOC(COc3ccc(C(C)=O)c(C)c3)C2)s1. The van der Waals surface area contributed by atoms with E-state index in [4.69, 9.17) is 9.47 Å². The highest BCUT2D eigenvalue weighted by molar-refractivity contribution is 8.00. The van der Waals surface area contributed by atoms with Crippen molar-refractivity contribution in [3.05, 3.63) is 46.3 Å². The molecule has 0 radical (unpaired) electrons. The number of thiophene rings is 1. The van der Waals surface area contributed by atoms with Crippen LogP contribution < -0.4 is 4.74 Å². The molecule has 2 heterocycles. The fourth-order valence-electron chi connectivity index (χ4n) is 3.11. The van der Waals surface area contributed by atoms with Crippen LogP contribution in [-0.2, 0) is 11.3 Å².